The molecule has 0 radical (unpaired) electrons. The molecule has 2 fully saturated rings. The minimum absolute atomic E-state index is 0.543. The van der Waals surface area contributed by atoms with Crippen molar-refractivity contribution in [1.29, 1.82) is 0 Å². The van der Waals surface area contributed by atoms with Gasteiger partial charge in [0.2, 0.25) is 0 Å². The number of nitrogens with one attached hydrogen (secondary N) is 1. The van der Waals surface area contributed by atoms with Gasteiger partial charge >= 0.3 is 0 Å². The molecule has 2 aliphatic rings. The van der Waals surface area contributed by atoms with E-state index >= 15 is 0 Å². The summed E-state index contributed by atoms with van der Waals surface area (Å²) in [5.41, 5.74) is 0.543. The van der Waals surface area contributed by atoms with Gasteiger partial charge in [0.05, 0.1) is 0 Å². The summed E-state index contributed by atoms with van der Waals surface area (Å²) in [5, 5.41) is 3.46. The van der Waals surface area contributed by atoms with Crippen molar-refractivity contribution >= 4 is 0 Å². The van der Waals surface area contributed by atoms with Crippen LogP contribution < -0.4 is 5.32 Å². The smallest absolute Gasteiger partial charge is 0.0143 e. The molecule has 0 aromatic carbocycles. The average molecular weight is 224 g/mol. The third kappa shape index (κ3) is 2.78. The van der Waals surface area contributed by atoms with Crippen LogP contribution >= 0.6 is 0 Å². The van der Waals surface area contributed by atoms with Gasteiger partial charge in [-0.2, -0.15) is 0 Å². The first-order valence-electron chi connectivity index (χ1n) is 7.00. The van der Waals surface area contributed by atoms with Crippen molar-refractivity contribution in [3.63, 3.8) is 0 Å². The van der Waals surface area contributed by atoms with E-state index in [1.165, 1.54) is 51.7 Å². The van der Waals surface area contributed by atoms with Crippen LogP contribution in [0.25, 0.3) is 0 Å². The Labute approximate surface area is 101 Å². The van der Waals surface area contributed by atoms with E-state index < -0.39 is 0 Å². The Bertz CT molecular complexity index is 219. The molecule has 0 spiro atoms. The van der Waals surface area contributed by atoms with Crippen molar-refractivity contribution < 1.29 is 0 Å². The molecule has 94 valence electrons. The normalized spacial score (nSPS) is 31.1. The van der Waals surface area contributed by atoms with Crippen molar-refractivity contribution in [2.45, 2.75) is 52.0 Å². The van der Waals surface area contributed by atoms with Crippen LogP contribution in [0, 0.1) is 11.3 Å². The summed E-state index contributed by atoms with van der Waals surface area (Å²) in [4.78, 5) is 2.66. The van der Waals surface area contributed by atoms with Crippen LogP contribution in [0.4, 0.5) is 0 Å². The molecule has 16 heavy (non-hydrogen) atoms. The van der Waals surface area contributed by atoms with E-state index in [1.54, 1.807) is 0 Å². The maximum Gasteiger partial charge on any atom is 0.0143 e. The number of hydrogen-bond donors (Lipinski definition) is 1. The summed E-state index contributed by atoms with van der Waals surface area (Å²) in [5.74, 6) is 0.933. The average Bonchev–Trinajstić information content (AvgIpc) is 2.59. The largest absolute Gasteiger partial charge is 0.317 e. The highest BCUT2D eigenvalue weighted by Crippen LogP contribution is 2.40. The Kier molecular flexibility index (Phi) is 3.91. The summed E-state index contributed by atoms with van der Waals surface area (Å²) < 4.78 is 0. The van der Waals surface area contributed by atoms with Gasteiger partial charge < -0.3 is 10.2 Å². The van der Waals surface area contributed by atoms with Crippen molar-refractivity contribution in [2.24, 2.45) is 11.3 Å². The number of nitrogens with zero attached hydrogens (tertiary/aromatic N) is 1. The highest BCUT2D eigenvalue weighted by Gasteiger charge is 2.37. The first-order valence-corrected chi connectivity index (χ1v) is 7.00. The van der Waals surface area contributed by atoms with E-state index in [0.29, 0.717) is 5.41 Å². The van der Waals surface area contributed by atoms with Crippen LogP contribution in [-0.2, 0) is 0 Å². The van der Waals surface area contributed by atoms with E-state index in [0.717, 1.165) is 12.0 Å². The minimum atomic E-state index is 0.543. The second-order valence-electron chi connectivity index (χ2n) is 6.53. The lowest BCUT2D eigenvalue weighted by molar-refractivity contribution is 0.115. The lowest BCUT2D eigenvalue weighted by Crippen LogP contribution is -2.43. The molecule has 1 N–H and O–H groups in total. The van der Waals surface area contributed by atoms with E-state index in [1.807, 2.05) is 0 Å². The Morgan fingerprint density at radius 3 is 2.44 bits per heavy atom. The van der Waals surface area contributed by atoms with Crippen LogP contribution in [0.2, 0.25) is 0 Å². The van der Waals surface area contributed by atoms with E-state index in [9.17, 15) is 0 Å². The monoisotopic (exact) mass is 224 g/mol. The second-order valence-corrected chi connectivity index (χ2v) is 6.53. The van der Waals surface area contributed by atoms with E-state index in [4.69, 9.17) is 0 Å². The number of rotatable bonds is 3. The second kappa shape index (κ2) is 5.05. The minimum Gasteiger partial charge on any atom is -0.317 e. The first kappa shape index (κ1) is 12.4. The third-order valence-electron chi connectivity index (χ3n) is 4.74. The third-order valence-corrected chi connectivity index (χ3v) is 4.74. The van der Waals surface area contributed by atoms with Crippen molar-refractivity contribution in [3.8, 4) is 0 Å². The molecule has 1 saturated carbocycles. The maximum absolute atomic E-state index is 3.46. The van der Waals surface area contributed by atoms with E-state index in [2.05, 4.69) is 31.1 Å². The molecule has 0 amide bonds. The predicted molar refractivity (Wildman–Crippen MR) is 69.6 cm³/mol. The summed E-state index contributed by atoms with van der Waals surface area (Å²) in [6, 6.07) is 0.822. The summed E-state index contributed by atoms with van der Waals surface area (Å²) in [7, 11) is 2.35. The van der Waals surface area contributed by atoms with Gasteiger partial charge in [-0.05, 0) is 57.2 Å². The summed E-state index contributed by atoms with van der Waals surface area (Å²) >= 11 is 0. The molecule has 1 unspecified atom stereocenters. The molecule has 1 saturated heterocycles. The fourth-order valence-electron chi connectivity index (χ4n) is 3.72. The lowest BCUT2D eigenvalue weighted by atomic mass is 9.85. The van der Waals surface area contributed by atoms with Crippen molar-refractivity contribution in [1.82, 2.24) is 10.2 Å². The summed E-state index contributed by atoms with van der Waals surface area (Å²) in [6.07, 6.45) is 6.99. The SMILES string of the molecule is CN(CC1CCNCC1)C1CCCC1(C)C. The quantitative estimate of drug-likeness (QED) is 0.792. The standard InChI is InChI=1S/C14H28N2/c1-14(2)8-4-5-13(14)16(3)11-12-6-9-15-10-7-12/h12-13,15H,4-11H2,1-3H3. The van der Waals surface area contributed by atoms with Gasteiger partial charge in [0, 0.05) is 12.6 Å². The maximum atomic E-state index is 3.46. The zero-order valence-electron chi connectivity index (χ0n) is 11.3. The van der Waals surface area contributed by atoms with Crippen LogP contribution in [0.1, 0.15) is 46.0 Å². The van der Waals surface area contributed by atoms with Gasteiger partial charge in [-0.3, -0.25) is 0 Å². The van der Waals surface area contributed by atoms with Crippen LogP contribution in [0.15, 0.2) is 0 Å². The molecule has 2 heteroatoms. The first-order chi connectivity index (χ1) is 7.59. The highest BCUT2D eigenvalue weighted by molar-refractivity contribution is 4.91. The molecule has 0 bridgehead atoms. The summed E-state index contributed by atoms with van der Waals surface area (Å²) in [6.45, 7) is 8.67. The fourth-order valence-corrected chi connectivity index (χ4v) is 3.72. The van der Waals surface area contributed by atoms with Gasteiger partial charge in [-0.1, -0.05) is 20.3 Å². The Balaban J connectivity index is 1.84. The molecule has 1 aliphatic heterocycles. The topological polar surface area (TPSA) is 15.3 Å². The van der Waals surface area contributed by atoms with Crippen LogP contribution in [0.5, 0.6) is 0 Å². The van der Waals surface area contributed by atoms with Gasteiger partial charge in [0.15, 0.2) is 0 Å². The molecule has 0 aromatic heterocycles. The van der Waals surface area contributed by atoms with Gasteiger partial charge in [-0.25, -0.2) is 0 Å². The molecule has 2 nitrogen and oxygen atoms in total. The molecule has 0 aromatic rings. The Morgan fingerprint density at radius 2 is 1.88 bits per heavy atom. The molecular weight excluding hydrogens is 196 g/mol. The number of hydrogen-bond acceptors (Lipinski definition) is 2. The fraction of sp³-hybridized carbons (Fsp3) is 1.00. The highest BCUT2D eigenvalue weighted by atomic mass is 15.1. The molecular formula is C14H28N2. The zero-order chi connectivity index (χ0) is 11.6. The van der Waals surface area contributed by atoms with Gasteiger partial charge in [-0.15, -0.1) is 0 Å². The van der Waals surface area contributed by atoms with Crippen LogP contribution in [0.3, 0.4) is 0 Å². The Hall–Kier alpha value is -0.0800. The van der Waals surface area contributed by atoms with Crippen molar-refractivity contribution in [3.05, 3.63) is 0 Å². The lowest BCUT2D eigenvalue weighted by Gasteiger charge is -2.37. The van der Waals surface area contributed by atoms with Gasteiger partial charge in [0.1, 0.15) is 0 Å². The zero-order valence-corrected chi connectivity index (χ0v) is 11.3. The van der Waals surface area contributed by atoms with Crippen molar-refractivity contribution in [2.75, 3.05) is 26.7 Å². The van der Waals surface area contributed by atoms with E-state index in [-0.39, 0.29) is 0 Å². The Morgan fingerprint density at radius 1 is 1.19 bits per heavy atom. The molecule has 1 heterocycles. The van der Waals surface area contributed by atoms with Gasteiger partial charge in [0.25, 0.3) is 0 Å². The molecule has 2 rings (SSSR count). The number of piperidine rings is 1. The molecule has 1 atom stereocenters. The molecule has 1 aliphatic carbocycles. The van der Waals surface area contributed by atoms with Crippen LogP contribution in [-0.4, -0.2) is 37.6 Å². The predicted octanol–water partition coefficient (Wildman–Crippen LogP) is 2.50.